The van der Waals surface area contributed by atoms with E-state index in [2.05, 4.69) is 4.72 Å². The van der Waals surface area contributed by atoms with Gasteiger partial charge in [-0.1, -0.05) is 0 Å². The van der Waals surface area contributed by atoms with Crippen LogP contribution in [-0.2, 0) is 10.0 Å². The number of benzene rings is 1. The molecule has 7 heteroatoms. The van der Waals surface area contributed by atoms with Crippen LogP contribution in [0.25, 0.3) is 0 Å². The van der Waals surface area contributed by atoms with E-state index in [-0.39, 0.29) is 23.8 Å². The van der Waals surface area contributed by atoms with E-state index in [0.717, 1.165) is 12.5 Å². The average molecular weight is 291 g/mol. The lowest BCUT2D eigenvalue weighted by Crippen LogP contribution is -2.25. The van der Waals surface area contributed by atoms with E-state index in [0.29, 0.717) is 12.8 Å². The lowest BCUT2D eigenvalue weighted by Gasteiger charge is -2.08. The van der Waals surface area contributed by atoms with Gasteiger partial charge in [0.25, 0.3) is 0 Å². The van der Waals surface area contributed by atoms with Crippen molar-refractivity contribution < 1.29 is 22.7 Å². The first-order chi connectivity index (χ1) is 9.01. The van der Waals surface area contributed by atoms with Crippen molar-refractivity contribution in [1.29, 1.82) is 0 Å². The Morgan fingerprint density at radius 1 is 1.32 bits per heavy atom. The van der Waals surface area contributed by atoms with Gasteiger partial charge >= 0.3 is 0 Å². The number of ether oxygens (including phenoxy) is 1. The highest BCUT2D eigenvalue weighted by atomic mass is 32.2. The van der Waals surface area contributed by atoms with Crippen molar-refractivity contribution in [3.63, 3.8) is 0 Å². The standard InChI is InChI=1S/C12H18FNO4S/c1-18-12-6-5-10(9-11(12)13)19(16,17)14-7-3-2-4-8-15/h5-6,9,14-15H,2-4,7-8H2,1H3. The zero-order chi connectivity index (χ0) is 14.3. The van der Waals surface area contributed by atoms with Gasteiger partial charge < -0.3 is 9.84 Å². The van der Waals surface area contributed by atoms with E-state index in [1.807, 2.05) is 0 Å². The van der Waals surface area contributed by atoms with Crippen molar-refractivity contribution in [2.75, 3.05) is 20.3 Å². The molecule has 0 heterocycles. The number of aliphatic hydroxyl groups excluding tert-OH is 1. The van der Waals surface area contributed by atoms with Gasteiger partial charge in [-0.05, 0) is 37.5 Å². The topological polar surface area (TPSA) is 75.6 Å². The first kappa shape index (κ1) is 15.9. The number of aliphatic hydroxyl groups is 1. The summed E-state index contributed by atoms with van der Waals surface area (Å²) in [5, 5.41) is 8.59. The summed E-state index contributed by atoms with van der Waals surface area (Å²) < 4.78 is 44.2. The van der Waals surface area contributed by atoms with Gasteiger partial charge in [0.15, 0.2) is 11.6 Å². The highest BCUT2D eigenvalue weighted by molar-refractivity contribution is 7.89. The molecule has 1 rings (SSSR count). The van der Waals surface area contributed by atoms with Crippen LogP contribution in [0.15, 0.2) is 23.1 Å². The Kier molecular flexibility index (Phi) is 6.20. The fourth-order valence-corrected chi connectivity index (χ4v) is 2.60. The van der Waals surface area contributed by atoms with Gasteiger partial charge in [-0.25, -0.2) is 17.5 Å². The minimum absolute atomic E-state index is 0.00176. The molecule has 0 spiro atoms. The molecule has 0 aromatic heterocycles. The van der Waals surface area contributed by atoms with Gasteiger partial charge in [-0.15, -0.1) is 0 Å². The van der Waals surface area contributed by atoms with Crippen molar-refractivity contribution in [2.45, 2.75) is 24.2 Å². The maximum atomic E-state index is 13.4. The average Bonchev–Trinajstić information content (AvgIpc) is 2.38. The van der Waals surface area contributed by atoms with Gasteiger partial charge in [-0.3, -0.25) is 0 Å². The van der Waals surface area contributed by atoms with Crippen molar-refractivity contribution in [2.24, 2.45) is 0 Å². The van der Waals surface area contributed by atoms with Crippen molar-refractivity contribution in [3.8, 4) is 5.75 Å². The molecule has 5 nitrogen and oxygen atoms in total. The Morgan fingerprint density at radius 2 is 2.05 bits per heavy atom. The lowest BCUT2D eigenvalue weighted by molar-refractivity contribution is 0.283. The van der Waals surface area contributed by atoms with E-state index < -0.39 is 15.8 Å². The minimum Gasteiger partial charge on any atom is -0.494 e. The monoisotopic (exact) mass is 291 g/mol. The molecule has 0 saturated carbocycles. The third-order valence-electron chi connectivity index (χ3n) is 2.56. The van der Waals surface area contributed by atoms with Crippen LogP contribution in [0, 0.1) is 5.82 Å². The predicted octanol–water partition coefficient (Wildman–Crippen LogP) is 1.28. The second-order valence-electron chi connectivity index (χ2n) is 3.98. The number of halogens is 1. The van der Waals surface area contributed by atoms with Crippen molar-refractivity contribution in [1.82, 2.24) is 4.72 Å². The highest BCUT2D eigenvalue weighted by Crippen LogP contribution is 2.20. The molecular formula is C12H18FNO4S. The van der Waals surface area contributed by atoms with Crippen molar-refractivity contribution in [3.05, 3.63) is 24.0 Å². The maximum Gasteiger partial charge on any atom is 0.240 e. The predicted molar refractivity (Wildman–Crippen MR) is 69.1 cm³/mol. The molecule has 1 aromatic rings. The quantitative estimate of drug-likeness (QED) is 0.707. The van der Waals surface area contributed by atoms with Gasteiger partial charge in [0.2, 0.25) is 10.0 Å². The Labute approximate surface area is 112 Å². The third kappa shape index (κ3) is 4.77. The van der Waals surface area contributed by atoms with E-state index >= 15 is 0 Å². The van der Waals surface area contributed by atoms with E-state index in [9.17, 15) is 12.8 Å². The van der Waals surface area contributed by atoms with Crippen molar-refractivity contribution >= 4 is 10.0 Å². The highest BCUT2D eigenvalue weighted by Gasteiger charge is 2.15. The Hall–Kier alpha value is -1.18. The number of hydrogen-bond acceptors (Lipinski definition) is 4. The molecule has 0 saturated heterocycles. The lowest BCUT2D eigenvalue weighted by atomic mass is 10.2. The first-order valence-electron chi connectivity index (χ1n) is 5.95. The normalized spacial score (nSPS) is 11.5. The second-order valence-corrected chi connectivity index (χ2v) is 5.75. The molecule has 108 valence electrons. The molecule has 0 bridgehead atoms. The minimum atomic E-state index is -3.70. The first-order valence-corrected chi connectivity index (χ1v) is 7.43. The van der Waals surface area contributed by atoms with E-state index in [1.165, 1.54) is 19.2 Å². The number of rotatable bonds is 8. The summed E-state index contributed by atoms with van der Waals surface area (Å²) in [4.78, 5) is -0.132. The molecule has 0 fully saturated rings. The fraction of sp³-hybridized carbons (Fsp3) is 0.500. The molecule has 1 aromatic carbocycles. The molecule has 0 aliphatic carbocycles. The number of unbranched alkanes of at least 4 members (excludes halogenated alkanes) is 2. The molecule has 2 N–H and O–H groups in total. The maximum absolute atomic E-state index is 13.4. The molecule has 19 heavy (non-hydrogen) atoms. The molecule has 0 unspecified atom stereocenters. The number of sulfonamides is 1. The molecule has 0 amide bonds. The zero-order valence-electron chi connectivity index (χ0n) is 10.7. The number of hydrogen-bond donors (Lipinski definition) is 2. The van der Waals surface area contributed by atoms with Gasteiger partial charge in [0.05, 0.1) is 12.0 Å². The summed E-state index contributed by atoms with van der Waals surface area (Å²) in [6.07, 6.45) is 1.99. The van der Waals surface area contributed by atoms with Crippen LogP contribution in [0.2, 0.25) is 0 Å². The number of nitrogens with one attached hydrogen (secondary N) is 1. The van der Waals surface area contributed by atoms with Crippen LogP contribution in [-0.4, -0.2) is 33.8 Å². The molecule has 0 atom stereocenters. The number of methoxy groups -OCH3 is 1. The van der Waals surface area contributed by atoms with Gasteiger partial charge in [0.1, 0.15) is 0 Å². The Bertz CT molecular complexity index is 504. The van der Waals surface area contributed by atoms with Crippen LogP contribution in [0.1, 0.15) is 19.3 Å². The Morgan fingerprint density at radius 3 is 2.63 bits per heavy atom. The zero-order valence-corrected chi connectivity index (χ0v) is 11.5. The summed E-state index contributed by atoms with van der Waals surface area (Å²) in [6.45, 7) is 0.354. The van der Waals surface area contributed by atoms with Gasteiger partial charge in [-0.2, -0.15) is 0 Å². The van der Waals surface area contributed by atoms with Gasteiger partial charge in [0, 0.05) is 13.2 Å². The summed E-state index contributed by atoms with van der Waals surface area (Å²) in [6, 6.07) is 3.49. The van der Waals surface area contributed by atoms with Crippen LogP contribution < -0.4 is 9.46 Å². The summed E-state index contributed by atoms with van der Waals surface area (Å²) >= 11 is 0. The smallest absolute Gasteiger partial charge is 0.240 e. The molecule has 0 radical (unpaired) electrons. The second kappa shape index (κ2) is 7.42. The fourth-order valence-electron chi connectivity index (χ4n) is 1.52. The molecular weight excluding hydrogens is 273 g/mol. The summed E-state index contributed by atoms with van der Waals surface area (Å²) in [5.41, 5.74) is 0. The summed E-state index contributed by atoms with van der Waals surface area (Å²) in [7, 11) is -2.39. The SMILES string of the molecule is COc1ccc(S(=O)(=O)NCCCCCO)cc1F. The van der Waals surface area contributed by atoms with Crippen LogP contribution in [0.4, 0.5) is 4.39 Å². The van der Waals surface area contributed by atoms with E-state index in [4.69, 9.17) is 9.84 Å². The molecule has 0 aliphatic rings. The van der Waals surface area contributed by atoms with Crippen LogP contribution >= 0.6 is 0 Å². The van der Waals surface area contributed by atoms with Crippen LogP contribution in [0.3, 0.4) is 0 Å². The Balaban J connectivity index is 2.64. The summed E-state index contributed by atoms with van der Waals surface area (Å²) in [5.74, 6) is -0.715. The third-order valence-corrected chi connectivity index (χ3v) is 4.02. The van der Waals surface area contributed by atoms with E-state index in [1.54, 1.807) is 0 Å². The van der Waals surface area contributed by atoms with Crippen LogP contribution in [0.5, 0.6) is 5.75 Å². The largest absolute Gasteiger partial charge is 0.494 e. The molecule has 0 aliphatic heterocycles.